The Bertz CT molecular complexity index is 1170. The van der Waals surface area contributed by atoms with Crippen molar-refractivity contribution in [1.29, 1.82) is 0 Å². The number of carbonyl (C=O) groups excluding carboxylic acids is 1. The molecule has 1 N–H and O–H groups in total. The number of amides is 1. The highest BCUT2D eigenvalue weighted by atomic mass is 32.2. The molecule has 2 aromatic carbocycles. The summed E-state index contributed by atoms with van der Waals surface area (Å²) >= 11 is 1.58. The first kappa shape index (κ1) is 19.6. The number of carbonyl (C=O) groups is 1. The fraction of sp³-hybridized carbons (Fsp3) is 0.238. The quantitative estimate of drug-likeness (QED) is 0.676. The van der Waals surface area contributed by atoms with Gasteiger partial charge in [-0.3, -0.25) is 9.52 Å². The van der Waals surface area contributed by atoms with Gasteiger partial charge in [-0.25, -0.2) is 13.4 Å². The van der Waals surface area contributed by atoms with E-state index >= 15 is 0 Å². The molecule has 4 rings (SSSR count). The lowest BCUT2D eigenvalue weighted by Gasteiger charge is -2.28. The van der Waals surface area contributed by atoms with Crippen molar-refractivity contribution in [2.75, 3.05) is 16.2 Å². The van der Waals surface area contributed by atoms with Crippen LogP contribution in [0.5, 0.6) is 0 Å². The number of aromatic nitrogens is 1. The number of fused-ring (bicyclic) bond motifs is 1. The van der Waals surface area contributed by atoms with Crippen molar-refractivity contribution in [2.24, 2.45) is 0 Å². The van der Waals surface area contributed by atoms with Gasteiger partial charge in [0.25, 0.3) is 10.0 Å². The Morgan fingerprint density at radius 3 is 2.59 bits per heavy atom. The maximum atomic E-state index is 12.9. The molecule has 0 bridgehead atoms. The zero-order valence-electron chi connectivity index (χ0n) is 16.2. The second-order valence-electron chi connectivity index (χ2n) is 7.00. The Labute approximate surface area is 174 Å². The first-order chi connectivity index (χ1) is 13.8. The number of hydrogen-bond donors (Lipinski definition) is 1. The van der Waals surface area contributed by atoms with Crippen LogP contribution in [0, 0.1) is 6.92 Å². The number of nitrogens with one attached hydrogen (secondary N) is 1. The minimum Gasteiger partial charge on any atom is -0.312 e. The van der Waals surface area contributed by atoms with Gasteiger partial charge in [-0.2, -0.15) is 0 Å². The van der Waals surface area contributed by atoms with E-state index in [0.717, 1.165) is 40.4 Å². The van der Waals surface area contributed by atoms with E-state index in [9.17, 15) is 13.2 Å². The Hall–Kier alpha value is -2.71. The van der Waals surface area contributed by atoms with Gasteiger partial charge in [0, 0.05) is 35.8 Å². The SMILES string of the molecule is CC(=O)N1CCCc2cc(S(=O)(=O)Nc3ccc(-c4csc(C)n4)cc3)ccc21. The van der Waals surface area contributed by atoms with Gasteiger partial charge in [-0.1, -0.05) is 12.1 Å². The number of benzene rings is 2. The number of thiazole rings is 1. The minimum atomic E-state index is -3.72. The van der Waals surface area contributed by atoms with Crippen LogP contribution in [0.2, 0.25) is 0 Å². The first-order valence-electron chi connectivity index (χ1n) is 9.30. The second-order valence-corrected chi connectivity index (χ2v) is 9.74. The summed E-state index contributed by atoms with van der Waals surface area (Å²) in [6.07, 6.45) is 1.57. The number of anilines is 2. The third kappa shape index (κ3) is 4.04. The van der Waals surface area contributed by atoms with Crippen molar-refractivity contribution in [3.8, 4) is 11.3 Å². The van der Waals surface area contributed by atoms with Crippen molar-refractivity contribution in [3.05, 3.63) is 58.4 Å². The van der Waals surface area contributed by atoms with Gasteiger partial charge in [0.05, 0.1) is 15.6 Å². The largest absolute Gasteiger partial charge is 0.312 e. The van der Waals surface area contributed by atoms with Gasteiger partial charge in [0.2, 0.25) is 5.91 Å². The van der Waals surface area contributed by atoms with Crippen LogP contribution in [-0.2, 0) is 21.2 Å². The van der Waals surface area contributed by atoms with Crippen LogP contribution in [0.15, 0.2) is 52.7 Å². The zero-order valence-corrected chi connectivity index (χ0v) is 17.8. The Morgan fingerprint density at radius 2 is 1.93 bits per heavy atom. The molecule has 29 heavy (non-hydrogen) atoms. The van der Waals surface area contributed by atoms with Gasteiger partial charge in [0.15, 0.2) is 0 Å². The van der Waals surface area contributed by atoms with Crippen molar-refractivity contribution in [2.45, 2.75) is 31.6 Å². The maximum Gasteiger partial charge on any atom is 0.261 e. The monoisotopic (exact) mass is 427 g/mol. The van der Waals surface area contributed by atoms with Crippen LogP contribution in [0.4, 0.5) is 11.4 Å². The molecule has 0 radical (unpaired) electrons. The van der Waals surface area contributed by atoms with Gasteiger partial charge in [-0.05, 0) is 55.7 Å². The van der Waals surface area contributed by atoms with Crippen molar-refractivity contribution < 1.29 is 13.2 Å². The summed E-state index contributed by atoms with van der Waals surface area (Å²) in [7, 11) is -3.72. The van der Waals surface area contributed by atoms with E-state index in [-0.39, 0.29) is 10.8 Å². The number of hydrogen-bond acceptors (Lipinski definition) is 5. The molecule has 0 unspecified atom stereocenters. The molecule has 1 aromatic heterocycles. The lowest BCUT2D eigenvalue weighted by Crippen LogP contribution is -2.33. The van der Waals surface area contributed by atoms with Crippen LogP contribution in [0.3, 0.4) is 0 Å². The molecule has 0 saturated heterocycles. The molecule has 0 atom stereocenters. The summed E-state index contributed by atoms with van der Waals surface area (Å²) in [5.74, 6) is -0.0323. The average Bonchev–Trinajstić information content (AvgIpc) is 3.13. The third-order valence-electron chi connectivity index (χ3n) is 4.91. The van der Waals surface area contributed by atoms with E-state index in [1.807, 2.05) is 24.4 Å². The van der Waals surface area contributed by atoms with Gasteiger partial charge in [-0.15, -0.1) is 11.3 Å². The minimum absolute atomic E-state index is 0.0323. The smallest absolute Gasteiger partial charge is 0.261 e. The van der Waals surface area contributed by atoms with E-state index in [2.05, 4.69) is 9.71 Å². The molecule has 0 aliphatic carbocycles. The molecule has 8 heteroatoms. The summed E-state index contributed by atoms with van der Waals surface area (Å²) in [4.78, 5) is 18.1. The lowest BCUT2D eigenvalue weighted by molar-refractivity contribution is -0.116. The van der Waals surface area contributed by atoms with Crippen LogP contribution < -0.4 is 9.62 Å². The molecule has 0 spiro atoms. The molecule has 0 saturated carbocycles. The fourth-order valence-corrected chi connectivity index (χ4v) is 5.22. The van der Waals surface area contributed by atoms with Crippen LogP contribution in [-0.4, -0.2) is 25.9 Å². The van der Waals surface area contributed by atoms with Gasteiger partial charge < -0.3 is 4.90 Å². The summed E-state index contributed by atoms with van der Waals surface area (Å²) < 4.78 is 28.4. The van der Waals surface area contributed by atoms with Crippen LogP contribution in [0.25, 0.3) is 11.3 Å². The molecule has 150 valence electrons. The fourth-order valence-electron chi connectivity index (χ4n) is 3.49. The molecule has 6 nitrogen and oxygen atoms in total. The van der Waals surface area contributed by atoms with Crippen molar-refractivity contribution >= 4 is 38.6 Å². The predicted octanol–water partition coefficient (Wildman–Crippen LogP) is 4.22. The van der Waals surface area contributed by atoms with Gasteiger partial charge >= 0.3 is 0 Å². The van der Waals surface area contributed by atoms with E-state index in [4.69, 9.17) is 0 Å². The Balaban J connectivity index is 1.57. The van der Waals surface area contributed by atoms with Crippen LogP contribution in [0.1, 0.15) is 23.9 Å². The van der Waals surface area contributed by atoms with E-state index in [1.165, 1.54) is 6.92 Å². The highest BCUT2D eigenvalue weighted by Gasteiger charge is 2.23. The topological polar surface area (TPSA) is 79.4 Å². The summed E-state index contributed by atoms with van der Waals surface area (Å²) in [5, 5.41) is 2.96. The molecular weight excluding hydrogens is 406 g/mol. The highest BCUT2D eigenvalue weighted by Crippen LogP contribution is 2.30. The molecular formula is C21H21N3O3S2. The summed E-state index contributed by atoms with van der Waals surface area (Å²) in [6.45, 7) is 4.14. The van der Waals surface area contributed by atoms with Gasteiger partial charge in [0.1, 0.15) is 0 Å². The molecule has 1 amide bonds. The molecule has 2 heterocycles. The summed E-state index contributed by atoms with van der Waals surface area (Å²) in [5.41, 5.74) is 3.99. The number of sulfonamides is 1. The van der Waals surface area contributed by atoms with E-state index in [0.29, 0.717) is 12.2 Å². The molecule has 1 aliphatic rings. The maximum absolute atomic E-state index is 12.9. The van der Waals surface area contributed by atoms with Crippen molar-refractivity contribution in [1.82, 2.24) is 4.98 Å². The van der Waals surface area contributed by atoms with Crippen molar-refractivity contribution in [3.63, 3.8) is 0 Å². The predicted molar refractivity (Wildman–Crippen MR) is 116 cm³/mol. The second kappa shape index (κ2) is 7.61. The number of rotatable bonds is 4. The van der Waals surface area contributed by atoms with E-state index in [1.54, 1.807) is 46.6 Å². The lowest BCUT2D eigenvalue weighted by atomic mass is 10.0. The highest BCUT2D eigenvalue weighted by molar-refractivity contribution is 7.92. The molecule has 1 aliphatic heterocycles. The average molecular weight is 428 g/mol. The van der Waals surface area contributed by atoms with Crippen LogP contribution >= 0.6 is 11.3 Å². The normalized spacial score (nSPS) is 13.8. The standard InChI is InChI=1S/C21H21N3O3S2/c1-14-22-20(13-28-14)16-5-7-18(8-6-16)23-29(26,27)19-9-10-21-17(12-19)4-3-11-24(21)15(2)25/h5-10,12-13,23H,3-4,11H2,1-2H3. The first-order valence-corrected chi connectivity index (χ1v) is 11.7. The molecule has 0 fully saturated rings. The number of nitrogens with zero attached hydrogens (tertiary/aromatic N) is 2. The zero-order chi connectivity index (χ0) is 20.6. The third-order valence-corrected chi connectivity index (χ3v) is 7.06. The van der Waals surface area contributed by atoms with E-state index < -0.39 is 10.0 Å². The Morgan fingerprint density at radius 1 is 1.17 bits per heavy atom. The number of aryl methyl sites for hydroxylation is 2. The Kier molecular flexibility index (Phi) is 5.14. The molecule has 3 aromatic rings. The summed E-state index contributed by atoms with van der Waals surface area (Å²) in [6, 6.07) is 12.1.